The minimum atomic E-state index is 0.311. The Morgan fingerprint density at radius 3 is 2.57 bits per heavy atom. The third-order valence-corrected chi connectivity index (χ3v) is 4.78. The highest BCUT2D eigenvalue weighted by atomic mass is 15.3. The monoisotopic (exact) mass is 290 g/mol. The molecule has 3 atom stereocenters. The van der Waals surface area contributed by atoms with Crippen molar-refractivity contribution in [1.82, 2.24) is 15.0 Å². The van der Waals surface area contributed by atoms with Gasteiger partial charge in [0.15, 0.2) is 0 Å². The van der Waals surface area contributed by atoms with E-state index < -0.39 is 0 Å². The first-order chi connectivity index (χ1) is 10.1. The summed E-state index contributed by atoms with van der Waals surface area (Å²) in [5, 5.41) is 3.49. The topological polar surface area (TPSA) is 80.0 Å². The molecule has 3 rings (SSSR count). The normalized spacial score (nSPS) is 29.6. The van der Waals surface area contributed by atoms with E-state index >= 15 is 0 Å². The summed E-state index contributed by atoms with van der Waals surface area (Å²) < 4.78 is 0. The van der Waals surface area contributed by atoms with Gasteiger partial charge in [0.1, 0.15) is 0 Å². The molecule has 21 heavy (non-hydrogen) atoms. The molecule has 2 aliphatic rings. The second-order valence-electron chi connectivity index (χ2n) is 6.66. The number of nitrogen functional groups attached to an aromatic ring is 1. The van der Waals surface area contributed by atoms with E-state index in [0.29, 0.717) is 23.9 Å². The molecule has 3 N–H and O–H groups in total. The van der Waals surface area contributed by atoms with Crippen molar-refractivity contribution >= 4 is 17.8 Å². The van der Waals surface area contributed by atoms with E-state index in [2.05, 4.69) is 39.0 Å². The van der Waals surface area contributed by atoms with E-state index in [1.807, 2.05) is 0 Å². The molecule has 0 aromatic carbocycles. The van der Waals surface area contributed by atoms with Gasteiger partial charge in [-0.2, -0.15) is 15.0 Å². The van der Waals surface area contributed by atoms with Crippen LogP contribution < -0.4 is 16.0 Å². The van der Waals surface area contributed by atoms with Crippen molar-refractivity contribution in [3.05, 3.63) is 0 Å². The van der Waals surface area contributed by atoms with Crippen LogP contribution in [0.15, 0.2) is 0 Å². The van der Waals surface area contributed by atoms with Crippen LogP contribution in [0.1, 0.15) is 46.0 Å². The van der Waals surface area contributed by atoms with Crippen molar-refractivity contribution in [1.29, 1.82) is 0 Å². The molecule has 2 fully saturated rings. The van der Waals surface area contributed by atoms with Crippen LogP contribution in [-0.2, 0) is 0 Å². The molecule has 2 heterocycles. The van der Waals surface area contributed by atoms with E-state index in [-0.39, 0.29) is 0 Å². The van der Waals surface area contributed by atoms with Gasteiger partial charge in [-0.05, 0) is 43.9 Å². The summed E-state index contributed by atoms with van der Waals surface area (Å²) in [6.07, 6.45) is 6.10. The average Bonchev–Trinajstić information content (AvgIpc) is 2.95. The lowest BCUT2D eigenvalue weighted by atomic mass is 9.80. The number of nitrogens with zero attached hydrogens (tertiary/aromatic N) is 4. The fourth-order valence-corrected chi connectivity index (χ4v) is 3.55. The molecule has 1 aliphatic heterocycles. The third kappa shape index (κ3) is 3.36. The maximum Gasteiger partial charge on any atom is 0.231 e. The van der Waals surface area contributed by atoms with Crippen LogP contribution >= 0.6 is 0 Å². The van der Waals surface area contributed by atoms with Crippen molar-refractivity contribution < 1.29 is 0 Å². The van der Waals surface area contributed by atoms with Gasteiger partial charge in [0.05, 0.1) is 0 Å². The van der Waals surface area contributed by atoms with Crippen LogP contribution in [0, 0.1) is 11.8 Å². The van der Waals surface area contributed by atoms with E-state index in [9.17, 15) is 0 Å². The average molecular weight is 290 g/mol. The Morgan fingerprint density at radius 2 is 1.86 bits per heavy atom. The quantitative estimate of drug-likeness (QED) is 0.889. The molecule has 1 aromatic heterocycles. The van der Waals surface area contributed by atoms with Crippen LogP contribution in [-0.4, -0.2) is 34.1 Å². The number of nitrogens with one attached hydrogen (secondary N) is 1. The molecule has 1 saturated carbocycles. The summed E-state index contributed by atoms with van der Waals surface area (Å²) in [7, 11) is 0. The lowest BCUT2D eigenvalue weighted by molar-refractivity contribution is 0.276. The Kier molecular flexibility index (Phi) is 4.12. The zero-order valence-corrected chi connectivity index (χ0v) is 13.0. The summed E-state index contributed by atoms with van der Waals surface area (Å²) in [5.41, 5.74) is 5.86. The first-order valence-electron chi connectivity index (χ1n) is 8.15. The number of anilines is 3. The van der Waals surface area contributed by atoms with Gasteiger partial charge < -0.3 is 16.0 Å². The second-order valence-corrected chi connectivity index (χ2v) is 6.66. The van der Waals surface area contributed by atoms with Crippen molar-refractivity contribution in [2.45, 2.75) is 52.0 Å². The molecule has 3 unspecified atom stereocenters. The first-order valence-corrected chi connectivity index (χ1v) is 8.15. The number of hydrogen-bond donors (Lipinski definition) is 2. The zero-order chi connectivity index (χ0) is 14.8. The van der Waals surface area contributed by atoms with Gasteiger partial charge in [0.2, 0.25) is 17.8 Å². The summed E-state index contributed by atoms with van der Waals surface area (Å²) in [6.45, 7) is 6.67. The minimum absolute atomic E-state index is 0.311. The predicted molar refractivity (Wildman–Crippen MR) is 85.3 cm³/mol. The molecule has 0 radical (unpaired) electrons. The highest BCUT2D eigenvalue weighted by Gasteiger charge is 2.26. The van der Waals surface area contributed by atoms with Crippen molar-refractivity contribution in [3.8, 4) is 0 Å². The summed E-state index contributed by atoms with van der Waals surface area (Å²) in [4.78, 5) is 15.3. The maximum absolute atomic E-state index is 5.86. The van der Waals surface area contributed by atoms with Gasteiger partial charge in [-0.25, -0.2) is 0 Å². The molecule has 0 spiro atoms. The van der Waals surface area contributed by atoms with Gasteiger partial charge in [-0.15, -0.1) is 0 Å². The van der Waals surface area contributed by atoms with Crippen LogP contribution in [0.5, 0.6) is 0 Å². The number of aromatic nitrogens is 3. The highest BCUT2D eigenvalue weighted by molar-refractivity contribution is 5.43. The van der Waals surface area contributed by atoms with Crippen LogP contribution in [0.2, 0.25) is 0 Å². The molecular formula is C15H26N6. The zero-order valence-electron chi connectivity index (χ0n) is 13.0. The molecular weight excluding hydrogens is 264 g/mol. The molecule has 1 aliphatic carbocycles. The molecule has 6 nitrogen and oxygen atoms in total. The predicted octanol–water partition coefficient (Wildman–Crippen LogP) is 2.29. The number of rotatable bonds is 3. The largest absolute Gasteiger partial charge is 0.368 e. The van der Waals surface area contributed by atoms with Crippen LogP contribution in [0.4, 0.5) is 17.8 Å². The van der Waals surface area contributed by atoms with E-state index in [4.69, 9.17) is 5.73 Å². The van der Waals surface area contributed by atoms with Crippen LogP contribution in [0.3, 0.4) is 0 Å². The van der Waals surface area contributed by atoms with Gasteiger partial charge in [-0.1, -0.05) is 13.8 Å². The Bertz CT molecular complexity index is 485. The lowest BCUT2D eigenvalue weighted by Gasteiger charge is -2.33. The fourth-order valence-electron chi connectivity index (χ4n) is 3.55. The Labute approximate surface area is 126 Å². The van der Waals surface area contributed by atoms with Crippen molar-refractivity contribution in [2.75, 3.05) is 29.0 Å². The second kappa shape index (κ2) is 6.03. The van der Waals surface area contributed by atoms with Crippen LogP contribution in [0.25, 0.3) is 0 Å². The van der Waals surface area contributed by atoms with Gasteiger partial charge in [-0.3, -0.25) is 0 Å². The SMILES string of the molecule is CC1CCC(Nc2nc(N)nc(N3CCCC3)n2)C(C)C1. The van der Waals surface area contributed by atoms with Crippen molar-refractivity contribution in [2.24, 2.45) is 11.8 Å². The summed E-state index contributed by atoms with van der Waals surface area (Å²) in [6, 6.07) is 0.439. The number of nitrogens with two attached hydrogens (primary N) is 1. The van der Waals surface area contributed by atoms with E-state index in [0.717, 1.165) is 25.0 Å². The fraction of sp³-hybridized carbons (Fsp3) is 0.800. The summed E-state index contributed by atoms with van der Waals surface area (Å²) >= 11 is 0. The smallest absolute Gasteiger partial charge is 0.231 e. The Hall–Kier alpha value is -1.59. The Morgan fingerprint density at radius 1 is 1.10 bits per heavy atom. The third-order valence-electron chi connectivity index (χ3n) is 4.78. The summed E-state index contributed by atoms with van der Waals surface area (Å²) in [5.74, 6) is 3.13. The lowest BCUT2D eigenvalue weighted by Crippen LogP contribution is -2.34. The molecule has 0 amide bonds. The highest BCUT2D eigenvalue weighted by Crippen LogP contribution is 2.30. The first kappa shape index (κ1) is 14.4. The molecule has 1 saturated heterocycles. The molecule has 0 bridgehead atoms. The van der Waals surface area contributed by atoms with Gasteiger partial charge in [0, 0.05) is 19.1 Å². The standard InChI is InChI=1S/C15H26N6/c1-10-5-6-12(11(2)9-10)17-14-18-13(16)19-15(20-14)21-7-3-4-8-21/h10-12H,3-9H2,1-2H3,(H3,16,17,18,19,20). The molecule has 6 heteroatoms. The molecule has 116 valence electrons. The van der Waals surface area contributed by atoms with E-state index in [1.54, 1.807) is 0 Å². The number of hydrogen-bond acceptors (Lipinski definition) is 6. The van der Waals surface area contributed by atoms with Gasteiger partial charge >= 0.3 is 0 Å². The molecule has 1 aromatic rings. The Balaban J connectivity index is 1.72. The minimum Gasteiger partial charge on any atom is -0.368 e. The van der Waals surface area contributed by atoms with Gasteiger partial charge in [0.25, 0.3) is 0 Å². The van der Waals surface area contributed by atoms with Crippen molar-refractivity contribution in [3.63, 3.8) is 0 Å². The maximum atomic E-state index is 5.86. The van der Waals surface area contributed by atoms with E-state index in [1.165, 1.54) is 32.1 Å².